The van der Waals surface area contributed by atoms with Crippen LogP contribution in [0.2, 0.25) is 0 Å². The normalized spacial score (nSPS) is 16.7. The molecule has 1 fully saturated rings. The number of carbonyl (C=O) groups is 2. The van der Waals surface area contributed by atoms with Crippen LogP contribution in [0.1, 0.15) is 214 Å². The van der Waals surface area contributed by atoms with E-state index in [2.05, 4.69) is 25.7 Å². The molecule has 0 radical (unpaired) electrons. The highest BCUT2D eigenvalue weighted by Crippen LogP contribution is 2.30. The fourth-order valence-corrected chi connectivity index (χ4v) is 7.47. The predicted molar refractivity (Wildman–Crippen MR) is 207 cm³/mol. The predicted octanol–water partition coefficient (Wildman–Crippen LogP) is 11.7. The zero-order valence-electron chi connectivity index (χ0n) is 33.2. The third kappa shape index (κ3) is 22.4. The number of esters is 2. The highest BCUT2D eigenvalue weighted by molar-refractivity contribution is 5.99. The molecule has 1 aliphatic carbocycles. The summed E-state index contributed by atoms with van der Waals surface area (Å²) in [5.41, 5.74) is -1.22. The Labute approximate surface area is 304 Å². The second kappa shape index (κ2) is 31.6. The first kappa shape index (κ1) is 45.9. The number of unbranched alkanes of at least 4 members (excludes halogenated alkanes) is 20. The molecule has 1 rings (SSSR count). The fourth-order valence-electron chi connectivity index (χ4n) is 7.47. The highest BCUT2D eigenvalue weighted by atomic mass is 16.6. The molecule has 6 nitrogen and oxygen atoms in total. The molecule has 0 aromatic rings. The lowest BCUT2D eigenvalue weighted by Gasteiger charge is -2.37. The van der Waals surface area contributed by atoms with Crippen molar-refractivity contribution in [3.63, 3.8) is 0 Å². The van der Waals surface area contributed by atoms with E-state index in [1.807, 2.05) is 0 Å². The van der Waals surface area contributed by atoms with Crippen LogP contribution in [0.5, 0.6) is 0 Å². The van der Waals surface area contributed by atoms with Gasteiger partial charge < -0.3 is 19.5 Å². The van der Waals surface area contributed by atoms with E-state index < -0.39 is 17.4 Å². The molecular formula is C43H83NO5. The van der Waals surface area contributed by atoms with E-state index in [0.29, 0.717) is 38.2 Å². The summed E-state index contributed by atoms with van der Waals surface area (Å²) in [6.07, 6.45) is 33.7. The second-order valence-corrected chi connectivity index (χ2v) is 15.7. The van der Waals surface area contributed by atoms with Crippen molar-refractivity contribution in [3.05, 3.63) is 0 Å². The van der Waals surface area contributed by atoms with Gasteiger partial charge in [-0.1, -0.05) is 149 Å². The Bertz CT molecular complexity index is 735. The first-order valence-electron chi connectivity index (χ1n) is 21.6. The lowest BCUT2D eigenvalue weighted by Crippen LogP contribution is -2.40. The number of nitrogens with zero attached hydrogens (tertiary/aromatic N) is 1. The highest BCUT2D eigenvalue weighted by Gasteiger charge is 2.43. The third-order valence-electron chi connectivity index (χ3n) is 11.1. The van der Waals surface area contributed by atoms with Crippen LogP contribution in [0.4, 0.5) is 0 Å². The monoisotopic (exact) mass is 694 g/mol. The molecule has 0 heterocycles. The van der Waals surface area contributed by atoms with Crippen LogP contribution in [0.15, 0.2) is 0 Å². The van der Waals surface area contributed by atoms with Gasteiger partial charge in [0.05, 0.1) is 13.2 Å². The van der Waals surface area contributed by atoms with E-state index in [4.69, 9.17) is 9.47 Å². The fraction of sp³-hybridized carbons (Fsp3) is 0.953. The summed E-state index contributed by atoms with van der Waals surface area (Å²) in [5, 5.41) is 9.65. The molecule has 290 valence electrons. The van der Waals surface area contributed by atoms with E-state index in [1.54, 1.807) is 6.92 Å². The maximum atomic E-state index is 13.3. The van der Waals surface area contributed by atoms with E-state index in [0.717, 1.165) is 70.8 Å². The first-order chi connectivity index (χ1) is 23.9. The van der Waals surface area contributed by atoms with Crippen molar-refractivity contribution in [1.82, 2.24) is 4.90 Å². The minimum Gasteiger partial charge on any atom is -0.465 e. The lowest BCUT2D eigenvalue weighted by atomic mass is 9.84. The molecule has 49 heavy (non-hydrogen) atoms. The van der Waals surface area contributed by atoms with Gasteiger partial charge in [0.15, 0.2) is 5.41 Å². The minimum absolute atomic E-state index is 0.336. The SMILES string of the molecule is CCCCCCCCCCN(CCCCCCC(C)(C(=O)OCCCCCCCC)C(=O)OCCCCCCCC)[C@H]1CC[C@@H](CO)CC1. The molecule has 0 aromatic heterocycles. The van der Waals surface area contributed by atoms with Crippen molar-refractivity contribution in [1.29, 1.82) is 0 Å². The maximum absolute atomic E-state index is 13.3. The zero-order valence-corrected chi connectivity index (χ0v) is 33.2. The minimum atomic E-state index is -1.22. The molecule has 0 atom stereocenters. The summed E-state index contributed by atoms with van der Waals surface area (Å²) in [5.74, 6) is -0.307. The second-order valence-electron chi connectivity index (χ2n) is 15.7. The van der Waals surface area contributed by atoms with Gasteiger partial charge in [-0.3, -0.25) is 9.59 Å². The van der Waals surface area contributed by atoms with E-state index in [-0.39, 0.29) is 0 Å². The summed E-state index contributed by atoms with van der Waals surface area (Å²) in [6.45, 7) is 11.9. The van der Waals surface area contributed by atoms with Crippen molar-refractivity contribution in [2.45, 2.75) is 220 Å². The van der Waals surface area contributed by atoms with Crippen LogP contribution >= 0.6 is 0 Å². The lowest BCUT2D eigenvalue weighted by molar-refractivity contribution is -0.172. The average Bonchev–Trinajstić information content (AvgIpc) is 3.12. The molecular weight excluding hydrogens is 610 g/mol. The number of ether oxygens (including phenoxy) is 2. The number of rotatable bonds is 34. The molecule has 1 saturated carbocycles. The molecule has 0 aromatic carbocycles. The molecule has 0 bridgehead atoms. The zero-order chi connectivity index (χ0) is 35.8. The number of hydrogen-bond acceptors (Lipinski definition) is 6. The smallest absolute Gasteiger partial charge is 0.323 e. The molecule has 0 saturated heterocycles. The maximum Gasteiger partial charge on any atom is 0.323 e. The Morgan fingerprint density at radius 1 is 0.551 bits per heavy atom. The molecule has 0 spiro atoms. The van der Waals surface area contributed by atoms with Gasteiger partial charge in [-0.2, -0.15) is 0 Å². The van der Waals surface area contributed by atoms with Gasteiger partial charge in [0.1, 0.15) is 0 Å². The van der Waals surface area contributed by atoms with E-state index in [1.165, 1.54) is 122 Å². The van der Waals surface area contributed by atoms with Crippen LogP contribution in [-0.4, -0.2) is 60.9 Å². The largest absolute Gasteiger partial charge is 0.465 e. The van der Waals surface area contributed by atoms with Crippen molar-refractivity contribution in [2.24, 2.45) is 11.3 Å². The van der Waals surface area contributed by atoms with E-state index in [9.17, 15) is 14.7 Å². The third-order valence-corrected chi connectivity index (χ3v) is 11.1. The molecule has 1 N–H and O–H groups in total. The molecule has 0 amide bonds. The Hall–Kier alpha value is -1.14. The topological polar surface area (TPSA) is 76.1 Å². The Morgan fingerprint density at radius 2 is 0.918 bits per heavy atom. The van der Waals surface area contributed by atoms with Gasteiger partial charge >= 0.3 is 11.9 Å². The van der Waals surface area contributed by atoms with Crippen LogP contribution in [0, 0.1) is 11.3 Å². The summed E-state index contributed by atoms with van der Waals surface area (Å²) in [7, 11) is 0. The van der Waals surface area contributed by atoms with Gasteiger partial charge in [0, 0.05) is 12.6 Å². The van der Waals surface area contributed by atoms with Gasteiger partial charge in [-0.15, -0.1) is 0 Å². The van der Waals surface area contributed by atoms with Crippen molar-refractivity contribution >= 4 is 11.9 Å². The van der Waals surface area contributed by atoms with Crippen LogP contribution in [0.25, 0.3) is 0 Å². The first-order valence-corrected chi connectivity index (χ1v) is 21.6. The number of hydrogen-bond donors (Lipinski definition) is 1. The van der Waals surface area contributed by atoms with Gasteiger partial charge in [0.2, 0.25) is 0 Å². The average molecular weight is 694 g/mol. The number of aliphatic hydroxyl groups excluding tert-OH is 1. The summed E-state index contributed by atoms with van der Waals surface area (Å²) >= 11 is 0. The van der Waals surface area contributed by atoms with Crippen LogP contribution in [-0.2, 0) is 19.1 Å². The van der Waals surface area contributed by atoms with Crippen LogP contribution < -0.4 is 0 Å². The molecule has 0 unspecified atom stereocenters. The van der Waals surface area contributed by atoms with Crippen molar-refractivity contribution in [3.8, 4) is 0 Å². The standard InChI is InChI=1S/C43H83NO5/c1-5-8-11-14-17-18-20-25-34-44(40-31-29-39(38-45)30-32-40)35-26-21-19-24-33-43(4,41(46)48-36-27-22-15-12-9-6-2)42(47)49-37-28-23-16-13-10-7-3/h39-40,45H,5-38H2,1-4H3/t39-,40+. The number of carbonyl (C=O) groups excluding carboxylic acids is 2. The molecule has 6 heteroatoms. The summed E-state index contributed by atoms with van der Waals surface area (Å²) < 4.78 is 11.4. The van der Waals surface area contributed by atoms with E-state index >= 15 is 0 Å². The molecule has 0 aliphatic heterocycles. The summed E-state index contributed by atoms with van der Waals surface area (Å²) in [4.78, 5) is 29.4. The Balaban J connectivity index is 2.57. The van der Waals surface area contributed by atoms with Crippen LogP contribution in [0.3, 0.4) is 0 Å². The quantitative estimate of drug-likeness (QED) is 0.0411. The Kier molecular flexibility index (Phi) is 29.6. The van der Waals surface area contributed by atoms with Gasteiger partial charge in [-0.05, 0) is 83.7 Å². The van der Waals surface area contributed by atoms with Gasteiger partial charge in [-0.25, -0.2) is 0 Å². The van der Waals surface area contributed by atoms with Crippen molar-refractivity contribution < 1.29 is 24.2 Å². The van der Waals surface area contributed by atoms with Crippen molar-refractivity contribution in [2.75, 3.05) is 32.9 Å². The number of aliphatic hydroxyl groups is 1. The molecule has 1 aliphatic rings. The Morgan fingerprint density at radius 3 is 1.33 bits per heavy atom. The summed E-state index contributed by atoms with van der Waals surface area (Å²) in [6, 6.07) is 0.651. The van der Waals surface area contributed by atoms with Gasteiger partial charge in [0.25, 0.3) is 0 Å².